The van der Waals surface area contributed by atoms with Crippen molar-refractivity contribution in [3.05, 3.63) is 69.4 Å². The number of alkyl halides is 3. The third-order valence-corrected chi connectivity index (χ3v) is 6.07. The minimum Gasteiger partial charge on any atom is -0.483 e. The molecule has 182 valence electrons. The van der Waals surface area contributed by atoms with Crippen molar-refractivity contribution >= 4 is 17.5 Å². The summed E-state index contributed by atoms with van der Waals surface area (Å²) in [5.41, 5.74) is -0.194. The first-order valence-electron chi connectivity index (χ1n) is 10.1. The van der Waals surface area contributed by atoms with Crippen LogP contribution < -0.4 is 4.74 Å². The molecule has 1 unspecified atom stereocenters. The number of rotatable bonds is 8. The fourth-order valence-corrected chi connectivity index (χ4v) is 4.09. The summed E-state index contributed by atoms with van der Waals surface area (Å²) in [6.07, 6.45) is -4.59. The number of aliphatic carboxylic acids is 1. The van der Waals surface area contributed by atoms with Gasteiger partial charge in [0.15, 0.2) is 17.4 Å². The van der Waals surface area contributed by atoms with Crippen LogP contribution in [0.15, 0.2) is 30.3 Å². The first-order chi connectivity index (χ1) is 15.9. The van der Waals surface area contributed by atoms with E-state index in [4.69, 9.17) is 9.84 Å². The smallest absolute Gasteiger partial charge is 0.427 e. The van der Waals surface area contributed by atoms with Gasteiger partial charge < -0.3 is 9.84 Å². The zero-order valence-electron chi connectivity index (χ0n) is 18.0. The van der Waals surface area contributed by atoms with Crippen molar-refractivity contribution in [1.29, 1.82) is 0 Å². The summed E-state index contributed by atoms with van der Waals surface area (Å²) in [5.74, 6) is -5.96. The van der Waals surface area contributed by atoms with Crippen molar-refractivity contribution in [2.45, 2.75) is 39.5 Å². The Kier molecular flexibility index (Phi) is 7.54. The Hall–Kier alpha value is -3.08. The number of halogens is 6. The number of carbonyl (C=O) groups is 1. The van der Waals surface area contributed by atoms with Crippen LogP contribution in [0.25, 0.3) is 11.3 Å². The molecule has 0 aliphatic rings. The van der Waals surface area contributed by atoms with Gasteiger partial charge in [0.2, 0.25) is 0 Å². The molecule has 0 saturated carbocycles. The van der Waals surface area contributed by atoms with Crippen LogP contribution in [0.3, 0.4) is 0 Å². The van der Waals surface area contributed by atoms with E-state index in [0.29, 0.717) is 12.0 Å². The molecule has 2 aromatic carbocycles. The average molecular weight is 503 g/mol. The van der Waals surface area contributed by atoms with Gasteiger partial charge in [-0.3, -0.25) is 4.79 Å². The highest BCUT2D eigenvalue weighted by Gasteiger charge is 2.38. The fraction of sp³-hybridized carbons (Fsp3) is 0.304. The number of nitrogens with zero attached hydrogens (tertiary/aromatic N) is 1. The maximum absolute atomic E-state index is 14.5. The molecule has 1 N–H and O–H groups in total. The van der Waals surface area contributed by atoms with E-state index < -0.39 is 58.3 Å². The number of carboxylic acid groups (broad SMARTS) is 1. The molecule has 1 heterocycles. The Labute approximate surface area is 195 Å². The molecule has 0 saturated heterocycles. The molecule has 34 heavy (non-hydrogen) atoms. The van der Waals surface area contributed by atoms with Crippen LogP contribution in [0.1, 0.15) is 35.4 Å². The SMILES string of the molecule is CCc1ccc(-c2nsc(C(F)(F)F)c2COc2c(F)cc(CC(C)C(=O)O)cc2F)cc1F. The molecule has 0 bridgehead atoms. The van der Waals surface area contributed by atoms with Crippen molar-refractivity contribution in [3.63, 3.8) is 0 Å². The van der Waals surface area contributed by atoms with Gasteiger partial charge in [0.1, 0.15) is 17.3 Å². The van der Waals surface area contributed by atoms with E-state index in [9.17, 15) is 31.1 Å². The number of benzene rings is 2. The lowest BCUT2D eigenvalue weighted by Crippen LogP contribution is -2.13. The van der Waals surface area contributed by atoms with E-state index in [1.54, 1.807) is 6.92 Å². The Morgan fingerprint density at radius 1 is 1.12 bits per heavy atom. The van der Waals surface area contributed by atoms with Crippen LogP contribution in [0.2, 0.25) is 0 Å². The van der Waals surface area contributed by atoms with Crippen molar-refractivity contribution in [2.24, 2.45) is 5.92 Å². The van der Waals surface area contributed by atoms with Gasteiger partial charge in [-0.05, 0) is 53.7 Å². The Morgan fingerprint density at radius 2 is 1.76 bits per heavy atom. The molecule has 0 spiro atoms. The molecular weight excluding hydrogens is 484 g/mol. The van der Waals surface area contributed by atoms with E-state index in [2.05, 4.69) is 4.37 Å². The van der Waals surface area contributed by atoms with Crippen LogP contribution in [0.4, 0.5) is 26.3 Å². The molecular formula is C23H19F6NO3S. The van der Waals surface area contributed by atoms with Crippen molar-refractivity contribution in [1.82, 2.24) is 4.37 Å². The lowest BCUT2D eigenvalue weighted by molar-refractivity contribution is -0.141. The average Bonchev–Trinajstić information content (AvgIpc) is 3.17. The maximum Gasteiger partial charge on any atom is 0.427 e. The first kappa shape index (κ1) is 25.5. The summed E-state index contributed by atoms with van der Waals surface area (Å²) in [5, 5.41) is 8.95. The molecule has 0 amide bonds. The van der Waals surface area contributed by atoms with Gasteiger partial charge in [-0.15, -0.1) is 0 Å². The minimum atomic E-state index is -4.82. The summed E-state index contributed by atoms with van der Waals surface area (Å²) in [6, 6.07) is 5.64. The van der Waals surface area contributed by atoms with Gasteiger partial charge in [-0.25, -0.2) is 13.2 Å². The monoisotopic (exact) mass is 503 g/mol. The summed E-state index contributed by atoms with van der Waals surface area (Å²) >= 11 is 0.129. The highest BCUT2D eigenvalue weighted by atomic mass is 32.1. The van der Waals surface area contributed by atoms with Crippen LogP contribution >= 0.6 is 11.5 Å². The Balaban J connectivity index is 1.94. The predicted molar refractivity (Wildman–Crippen MR) is 113 cm³/mol. The van der Waals surface area contributed by atoms with Gasteiger partial charge in [-0.1, -0.05) is 26.0 Å². The number of hydrogen-bond acceptors (Lipinski definition) is 4. The molecule has 0 radical (unpaired) electrons. The van der Waals surface area contributed by atoms with Gasteiger partial charge >= 0.3 is 12.1 Å². The zero-order chi connectivity index (χ0) is 25.2. The Bertz CT molecular complexity index is 1180. The first-order valence-corrected chi connectivity index (χ1v) is 10.9. The quantitative estimate of drug-likeness (QED) is 0.350. The molecule has 0 aliphatic carbocycles. The lowest BCUT2D eigenvalue weighted by Gasteiger charge is -2.14. The number of carboxylic acids is 1. The minimum absolute atomic E-state index is 0.0533. The highest BCUT2D eigenvalue weighted by molar-refractivity contribution is 7.06. The maximum atomic E-state index is 14.5. The predicted octanol–water partition coefficient (Wildman–Crippen LogP) is 6.65. The summed E-state index contributed by atoms with van der Waals surface area (Å²) < 4.78 is 92.7. The number of hydrogen-bond donors (Lipinski definition) is 1. The van der Waals surface area contributed by atoms with Crippen LogP contribution in [-0.2, 0) is 30.4 Å². The number of ether oxygens (including phenoxy) is 1. The standard InChI is InChI=1S/C23H19F6NO3S/c1-3-13-4-5-14(9-16(13)24)19-15(21(34-30-19)23(27,28)29)10-33-20-17(25)7-12(8-18(20)26)6-11(2)22(31)32/h4-5,7-9,11H,3,6,10H2,1-2H3,(H,31,32). The molecule has 3 aromatic rings. The third-order valence-electron chi connectivity index (χ3n) is 5.14. The number of aryl methyl sites for hydroxylation is 1. The molecule has 0 aliphatic heterocycles. The second kappa shape index (κ2) is 10.0. The largest absolute Gasteiger partial charge is 0.483 e. The summed E-state index contributed by atoms with van der Waals surface area (Å²) in [6.45, 7) is 2.21. The van der Waals surface area contributed by atoms with Gasteiger partial charge in [0, 0.05) is 11.1 Å². The van der Waals surface area contributed by atoms with E-state index in [0.717, 1.165) is 18.2 Å². The molecule has 0 fully saturated rings. The normalized spacial score (nSPS) is 12.6. The van der Waals surface area contributed by atoms with E-state index in [1.165, 1.54) is 19.1 Å². The van der Waals surface area contributed by atoms with E-state index >= 15 is 0 Å². The molecule has 11 heteroatoms. The van der Waals surface area contributed by atoms with Gasteiger partial charge in [0.05, 0.1) is 11.6 Å². The highest BCUT2D eigenvalue weighted by Crippen LogP contribution is 2.40. The van der Waals surface area contributed by atoms with Gasteiger partial charge in [0.25, 0.3) is 0 Å². The lowest BCUT2D eigenvalue weighted by atomic mass is 10.0. The van der Waals surface area contributed by atoms with Crippen LogP contribution in [-0.4, -0.2) is 15.4 Å². The van der Waals surface area contributed by atoms with Crippen LogP contribution in [0, 0.1) is 23.4 Å². The zero-order valence-corrected chi connectivity index (χ0v) is 18.8. The molecule has 3 rings (SSSR count). The summed E-state index contributed by atoms with van der Waals surface area (Å²) in [7, 11) is 0. The van der Waals surface area contributed by atoms with Crippen molar-refractivity contribution in [2.75, 3.05) is 0 Å². The third kappa shape index (κ3) is 5.52. The second-order valence-electron chi connectivity index (χ2n) is 7.62. The van der Waals surface area contributed by atoms with E-state index in [-0.39, 0.29) is 34.8 Å². The second-order valence-corrected chi connectivity index (χ2v) is 8.39. The topological polar surface area (TPSA) is 59.4 Å². The summed E-state index contributed by atoms with van der Waals surface area (Å²) in [4.78, 5) is 9.83. The Morgan fingerprint density at radius 3 is 2.29 bits per heavy atom. The van der Waals surface area contributed by atoms with Crippen molar-refractivity contribution < 1.29 is 41.0 Å². The van der Waals surface area contributed by atoms with E-state index in [1.807, 2.05) is 0 Å². The fourth-order valence-electron chi connectivity index (χ4n) is 3.33. The number of aromatic nitrogens is 1. The van der Waals surface area contributed by atoms with Crippen LogP contribution in [0.5, 0.6) is 5.75 Å². The van der Waals surface area contributed by atoms with Gasteiger partial charge in [-0.2, -0.15) is 17.5 Å². The molecule has 1 atom stereocenters. The molecule has 1 aromatic heterocycles. The van der Waals surface area contributed by atoms with Crippen molar-refractivity contribution in [3.8, 4) is 17.0 Å². The molecule has 4 nitrogen and oxygen atoms in total.